The van der Waals surface area contributed by atoms with Gasteiger partial charge in [-0.3, -0.25) is 19.3 Å². The summed E-state index contributed by atoms with van der Waals surface area (Å²) in [7, 11) is 0. The highest BCUT2D eigenvalue weighted by atomic mass is 32.2. The minimum Gasteiger partial charge on any atom is -0.454 e. The van der Waals surface area contributed by atoms with Crippen molar-refractivity contribution in [1.82, 2.24) is 14.9 Å². The number of nitrogens with one attached hydrogen (secondary N) is 1. The number of amides is 2. The summed E-state index contributed by atoms with van der Waals surface area (Å²) in [5.41, 5.74) is 2.56. The van der Waals surface area contributed by atoms with Crippen molar-refractivity contribution in [2.45, 2.75) is 18.5 Å². The van der Waals surface area contributed by atoms with Crippen LogP contribution in [0.5, 0.6) is 11.5 Å². The van der Waals surface area contributed by atoms with E-state index in [9.17, 15) is 14.4 Å². The van der Waals surface area contributed by atoms with E-state index in [0.29, 0.717) is 51.2 Å². The van der Waals surface area contributed by atoms with Crippen molar-refractivity contribution in [1.29, 1.82) is 0 Å². The molecule has 2 aliphatic heterocycles. The van der Waals surface area contributed by atoms with Crippen LogP contribution in [-0.2, 0) is 6.42 Å². The van der Waals surface area contributed by atoms with Gasteiger partial charge in [0.05, 0.1) is 16.8 Å². The predicted octanol–water partition coefficient (Wildman–Crippen LogP) is 3.12. The third kappa shape index (κ3) is 3.44. The van der Waals surface area contributed by atoms with Crippen LogP contribution in [0.25, 0.3) is 11.3 Å². The third-order valence-corrected chi connectivity index (χ3v) is 6.28. The monoisotopic (exact) mass is 449 g/mol. The minimum absolute atomic E-state index is 0.168. The van der Waals surface area contributed by atoms with E-state index in [1.54, 1.807) is 30.3 Å². The zero-order valence-corrected chi connectivity index (χ0v) is 18.0. The van der Waals surface area contributed by atoms with Gasteiger partial charge in [0, 0.05) is 23.4 Å². The van der Waals surface area contributed by atoms with E-state index < -0.39 is 0 Å². The maximum absolute atomic E-state index is 12.7. The lowest BCUT2D eigenvalue weighted by Crippen LogP contribution is -2.32. The molecule has 1 N–H and O–H groups in total. The number of aromatic nitrogens is 2. The van der Waals surface area contributed by atoms with Gasteiger partial charge in [-0.05, 0) is 36.8 Å². The van der Waals surface area contributed by atoms with Gasteiger partial charge in [-0.15, -0.1) is 0 Å². The third-order valence-electron chi connectivity index (χ3n) is 5.43. The molecule has 0 spiro atoms. The summed E-state index contributed by atoms with van der Waals surface area (Å²) >= 11 is 1.29. The Kier molecular flexibility index (Phi) is 5.18. The molecule has 2 amide bonds. The maximum atomic E-state index is 12.7. The molecule has 5 rings (SSSR count). The fraction of sp³-hybridized carbons (Fsp3) is 0.217. The number of imide groups is 1. The number of hydrogen-bond donors (Lipinski definition) is 1. The van der Waals surface area contributed by atoms with Gasteiger partial charge in [0.1, 0.15) is 0 Å². The fourth-order valence-electron chi connectivity index (χ4n) is 3.83. The molecule has 2 aliphatic rings. The van der Waals surface area contributed by atoms with Crippen molar-refractivity contribution in [3.63, 3.8) is 0 Å². The summed E-state index contributed by atoms with van der Waals surface area (Å²) in [6.07, 6.45) is 0.520. The summed E-state index contributed by atoms with van der Waals surface area (Å²) in [5, 5.41) is 0.427. The standard InChI is InChI=1S/C23H19N3O5S/c1-2-14-19(13-7-8-17-18(11-13)31-12-30-17)24-23(25-20(14)27)32-10-9-26-21(28)15-5-3-4-6-16(15)22(26)29/h3-8,11H,2,9-10,12H2,1H3,(H,24,25,27). The number of benzene rings is 2. The Morgan fingerprint density at radius 3 is 2.47 bits per heavy atom. The number of aromatic amines is 1. The number of nitrogens with zero attached hydrogens (tertiary/aromatic N) is 2. The first-order valence-electron chi connectivity index (χ1n) is 10.2. The molecule has 8 nitrogen and oxygen atoms in total. The number of fused-ring (bicyclic) bond motifs is 2. The lowest BCUT2D eigenvalue weighted by molar-refractivity contribution is 0.0664. The Hall–Kier alpha value is -3.59. The number of H-pyrrole nitrogens is 1. The molecule has 9 heteroatoms. The Balaban J connectivity index is 1.36. The first kappa shape index (κ1) is 20.3. The molecule has 0 fully saturated rings. The van der Waals surface area contributed by atoms with Gasteiger partial charge in [-0.25, -0.2) is 4.98 Å². The van der Waals surface area contributed by atoms with Gasteiger partial charge >= 0.3 is 0 Å². The molecule has 0 saturated heterocycles. The first-order chi connectivity index (χ1) is 15.6. The van der Waals surface area contributed by atoms with Crippen LogP contribution >= 0.6 is 11.8 Å². The highest BCUT2D eigenvalue weighted by molar-refractivity contribution is 7.99. The molecule has 1 aromatic heterocycles. The average molecular weight is 449 g/mol. The molecule has 2 aromatic carbocycles. The van der Waals surface area contributed by atoms with Crippen molar-refractivity contribution >= 4 is 23.6 Å². The smallest absolute Gasteiger partial charge is 0.261 e. The van der Waals surface area contributed by atoms with Gasteiger partial charge in [0.25, 0.3) is 17.4 Å². The molecule has 162 valence electrons. The van der Waals surface area contributed by atoms with Crippen molar-refractivity contribution in [2.24, 2.45) is 0 Å². The zero-order valence-electron chi connectivity index (χ0n) is 17.2. The van der Waals surface area contributed by atoms with Crippen LogP contribution < -0.4 is 15.0 Å². The van der Waals surface area contributed by atoms with Crippen LogP contribution in [0.3, 0.4) is 0 Å². The molecule has 3 aromatic rings. The van der Waals surface area contributed by atoms with Crippen molar-refractivity contribution in [3.8, 4) is 22.8 Å². The zero-order chi connectivity index (χ0) is 22.2. The van der Waals surface area contributed by atoms with Crippen molar-refractivity contribution in [2.75, 3.05) is 19.1 Å². The molecule has 0 unspecified atom stereocenters. The Morgan fingerprint density at radius 1 is 1.03 bits per heavy atom. The quantitative estimate of drug-likeness (QED) is 0.350. The highest BCUT2D eigenvalue weighted by Crippen LogP contribution is 2.36. The van der Waals surface area contributed by atoms with Crippen LogP contribution in [0, 0.1) is 0 Å². The van der Waals surface area contributed by atoms with Crippen LogP contribution in [0.2, 0.25) is 0 Å². The molecule has 0 radical (unpaired) electrons. The van der Waals surface area contributed by atoms with E-state index in [1.165, 1.54) is 16.7 Å². The SMILES string of the molecule is CCc1c(-c2ccc3c(c2)OCO3)nc(SCCN2C(=O)c3ccccc3C2=O)[nH]c1=O. The summed E-state index contributed by atoms with van der Waals surface area (Å²) < 4.78 is 10.8. The van der Waals surface area contributed by atoms with Crippen LogP contribution in [0.4, 0.5) is 0 Å². The fourth-order valence-corrected chi connectivity index (χ4v) is 4.62. The van der Waals surface area contributed by atoms with E-state index >= 15 is 0 Å². The second kappa shape index (κ2) is 8.16. The molecule has 32 heavy (non-hydrogen) atoms. The van der Waals surface area contributed by atoms with Crippen LogP contribution in [0.1, 0.15) is 33.2 Å². The van der Waals surface area contributed by atoms with Crippen LogP contribution in [0.15, 0.2) is 52.4 Å². The van der Waals surface area contributed by atoms with Crippen molar-refractivity contribution < 1.29 is 19.1 Å². The van der Waals surface area contributed by atoms with E-state index in [2.05, 4.69) is 9.97 Å². The normalized spacial score (nSPS) is 14.2. The predicted molar refractivity (Wildman–Crippen MR) is 118 cm³/mol. The number of ether oxygens (including phenoxy) is 2. The van der Waals surface area contributed by atoms with E-state index in [4.69, 9.17) is 9.47 Å². The van der Waals surface area contributed by atoms with E-state index in [0.717, 1.165) is 5.56 Å². The average Bonchev–Trinajstić information content (AvgIpc) is 3.37. The number of carbonyl (C=O) groups is 2. The molecule has 0 saturated carbocycles. The van der Waals surface area contributed by atoms with Gasteiger partial charge in [-0.2, -0.15) is 0 Å². The molecule has 3 heterocycles. The largest absolute Gasteiger partial charge is 0.454 e. The van der Waals surface area contributed by atoms with Gasteiger partial charge in [-0.1, -0.05) is 30.8 Å². The topological polar surface area (TPSA) is 102 Å². The number of carbonyl (C=O) groups excluding carboxylic acids is 2. The Morgan fingerprint density at radius 2 is 1.75 bits per heavy atom. The lowest BCUT2D eigenvalue weighted by Gasteiger charge is -2.14. The van der Waals surface area contributed by atoms with Crippen LogP contribution in [-0.4, -0.2) is 45.8 Å². The lowest BCUT2D eigenvalue weighted by atomic mass is 10.0. The van der Waals surface area contributed by atoms with Gasteiger partial charge < -0.3 is 14.5 Å². The first-order valence-corrected chi connectivity index (χ1v) is 11.2. The summed E-state index contributed by atoms with van der Waals surface area (Å²) in [4.78, 5) is 46.4. The maximum Gasteiger partial charge on any atom is 0.261 e. The molecule has 0 atom stereocenters. The second-order valence-corrected chi connectivity index (χ2v) is 8.36. The summed E-state index contributed by atoms with van der Waals surface area (Å²) in [6.45, 7) is 2.29. The summed E-state index contributed by atoms with van der Waals surface area (Å²) in [5.74, 6) is 1.09. The molecular formula is C23H19N3O5S. The molecular weight excluding hydrogens is 430 g/mol. The number of rotatable bonds is 6. The number of hydrogen-bond acceptors (Lipinski definition) is 7. The van der Waals surface area contributed by atoms with Crippen molar-refractivity contribution in [3.05, 3.63) is 69.5 Å². The van der Waals surface area contributed by atoms with Gasteiger partial charge in [0.15, 0.2) is 16.7 Å². The van der Waals surface area contributed by atoms with E-state index in [-0.39, 0.29) is 30.7 Å². The molecule has 0 bridgehead atoms. The van der Waals surface area contributed by atoms with Gasteiger partial charge in [0.2, 0.25) is 6.79 Å². The molecule has 0 aliphatic carbocycles. The second-order valence-electron chi connectivity index (χ2n) is 7.28. The summed E-state index contributed by atoms with van der Waals surface area (Å²) in [6, 6.07) is 12.3. The van der Waals surface area contributed by atoms with E-state index in [1.807, 2.05) is 19.1 Å². The Labute approximate surface area is 187 Å². The number of thioether (sulfide) groups is 1. The Bertz CT molecular complexity index is 1270. The highest BCUT2D eigenvalue weighted by Gasteiger charge is 2.34. The minimum atomic E-state index is -0.296.